The maximum Gasteiger partial charge on any atom is 0.220 e. The van der Waals surface area contributed by atoms with Crippen molar-refractivity contribution < 1.29 is 4.79 Å². The Kier molecular flexibility index (Phi) is 12.7. The third-order valence-corrected chi connectivity index (χ3v) is 4.60. The van der Waals surface area contributed by atoms with Crippen LogP contribution >= 0.6 is 0 Å². The number of anilines is 1. The highest BCUT2D eigenvalue weighted by Gasteiger charge is 2.02. The van der Waals surface area contributed by atoms with Crippen LogP contribution in [0.25, 0.3) is 0 Å². The molecule has 0 aliphatic rings. The van der Waals surface area contributed by atoms with Gasteiger partial charge in [-0.3, -0.25) is 4.79 Å². The van der Waals surface area contributed by atoms with Crippen LogP contribution in [0.1, 0.15) is 96.1 Å². The van der Waals surface area contributed by atoms with Gasteiger partial charge in [0, 0.05) is 18.7 Å². The van der Waals surface area contributed by atoms with Crippen molar-refractivity contribution in [1.82, 2.24) is 15.3 Å². The molecule has 0 aliphatic heterocycles. The van der Waals surface area contributed by atoms with E-state index in [1.807, 2.05) is 0 Å². The van der Waals surface area contributed by atoms with Crippen LogP contribution in [-0.2, 0) is 11.2 Å². The van der Waals surface area contributed by atoms with Gasteiger partial charge in [0.25, 0.3) is 0 Å². The summed E-state index contributed by atoms with van der Waals surface area (Å²) < 4.78 is 0. The van der Waals surface area contributed by atoms with Crippen molar-refractivity contribution in [2.24, 2.45) is 0 Å². The fourth-order valence-electron chi connectivity index (χ4n) is 3.05. The van der Waals surface area contributed by atoms with Crippen LogP contribution in [0.15, 0.2) is 6.20 Å². The lowest BCUT2D eigenvalue weighted by molar-refractivity contribution is -0.121. The van der Waals surface area contributed by atoms with Crippen molar-refractivity contribution in [3.8, 4) is 0 Å². The van der Waals surface area contributed by atoms with Crippen LogP contribution in [0.4, 0.5) is 5.95 Å². The molecule has 0 unspecified atom stereocenters. The normalized spacial score (nSPS) is 10.9. The summed E-state index contributed by atoms with van der Waals surface area (Å²) in [7, 11) is 0. The molecule has 1 rings (SSSR count). The quantitative estimate of drug-likeness (QED) is 0.376. The lowest BCUT2D eigenvalue weighted by Crippen LogP contribution is -2.24. The number of carbonyl (C=O) groups is 1. The maximum absolute atomic E-state index is 11.8. The zero-order valence-electron chi connectivity index (χ0n) is 16.1. The monoisotopic (exact) mass is 350 g/mol. The van der Waals surface area contributed by atoms with Gasteiger partial charge in [0.1, 0.15) is 0 Å². The number of aryl methyl sites for hydroxylation is 1. The summed E-state index contributed by atoms with van der Waals surface area (Å²) in [5.41, 5.74) is 6.52. The molecule has 5 heteroatoms. The molecule has 0 saturated carbocycles. The highest BCUT2D eigenvalue weighted by molar-refractivity contribution is 5.75. The van der Waals surface area contributed by atoms with E-state index in [0.29, 0.717) is 12.4 Å². The summed E-state index contributed by atoms with van der Waals surface area (Å²) in [5.74, 6) is 0.593. The Morgan fingerprint density at radius 1 is 1.00 bits per heavy atom. The molecule has 0 fully saturated rings. The number of nitrogens with zero attached hydrogens (tertiary/aromatic N) is 1. The molecule has 0 radical (unpaired) electrons. The summed E-state index contributed by atoms with van der Waals surface area (Å²) in [4.78, 5) is 18.7. The summed E-state index contributed by atoms with van der Waals surface area (Å²) in [6.45, 7) is 3.08. The topological polar surface area (TPSA) is 83.8 Å². The number of carbonyl (C=O) groups excluding carboxylic acids is 1. The van der Waals surface area contributed by atoms with E-state index in [1.54, 1.807) is 6.20 Å². The van der Waals surface area contributed by atoms with Gasteiger partial charge in [0.05, 0.1) is 6.20 Å². The Morgan fingerprint density at radius 2 is 1.60 bits per heavy atom. The molecule has 0 aliphatic carbocycles. The van der Waals surface area contributed by atoms with Crippen LogP contribution in [0.5, 0.6) is 0 Å². The van der Waals surface area contributed by atoms with E-state index >= 15 is 0 Å². The van der Waals surface area contributed by atoms with Gasteiger partial charge in [-0.25, -0.2) is 4.98 Å². The summed E-state index contributed by atoms with van der Waals surface area (Å²) in [6.07, 6.45) is 18.6. The zero-order chi connectivity index (χ0) is 18.2. The fraction of sp³-hybridized carbons (Fsp3) is 0.800. The van der Waals surface area contributed by atoms with Gasteiger partial charge in [-0.05, 0) is 19.3 Å². The van der Waals surface area contributed by atoms with Crippen molar-refractivity contribution in [2.45, 2.75) is 96.8 Å². The summed E-state index contributed by atoms with van der Waals surface area (Å²) in [6, 6.07) is 0. The number of rotatable bonds is 16. The van der Waals surface area contributed by atoms with Gasteiger partial charge in [-0.2, -0.15) is 0 Å². The average Bonchev–Trinajstić information content (AvgIpc) is 3.01. The molecule has 0 atom stereocenters. The number of unbranched alkanes of at least 4 members (excludes halogenated alkanes) is 10. The van der Waals surface area contributed by atoms with Crippen LogP contribution in [0, 0.1) is 0 Å². The predicted octanol–water partition coefficient (Wildman–Crippen LogP) is 4.74. The number of aromatic amines is 1. The molecular weight excluding hydrogens is 312 g/mol. The third-order valence-electron chi connectivity index (χ3n) is 4.60. The molecule has 4 N–H and O–H groups in total. The maximum atomic E-state index is 11.8. The van der Waals surface area contributed by atoms with E-state index in [2.05, 4.69) is 22.2 Å². The van der Waals surface area contributed by atoms with Crippen LogP contribution in [0.3, 0.4) is 0 Å². The van der Waals surface area contributed by atoms with Crippen LogP contribution in [-0.4, -0.2) is 22.4 Å². The van der Waals surface area contributed by atoms with E-state index in [0.717, 1.165) is 31.5 Å². The highest BCUT2D eigenvalue weighted by atomic mass is 16.1. The minimum Gasteiger partial charge on any atom is -0.369 e. The van der Waals surface area contributed by atoms with Gasteiger partial charge in [-0.15, -0.1) is 0 Å². The number of hydrogen-bond acceptors (Lipinski definition) is 3. The molecule has 1 aromatic heterocycles. The Morgan fingerprint density at radius 3 is 2.16 bits per heavy atom. The van der Waals surface area contributed by atoms with E-state index in [-0.39, 0.29) is 5.91 Å². The Hall–Kier alpha value is -1.52. The van der Waals surface area contributed by atoms with E-state index in [9.17, 15) is 4.79 Å². The second-order valence-corrected chi connectivity index (χ2v) is 7.03. The number of imidazole rings is 1. The first-order valence-corrected chi connectivity index (χ1v) is 10.3. The Labute approximate surface area is 153 Å². The molecule has 5 nitrogen and oxygen atoms in total. The number of nitrogen functional groups attached to an aromatic ring is 1. The Balaban J connectivity index is 1.80. The number of amides is 1. The first-order chi connectivity index (χ1) is 12.2. The van der Waals surface area contributed by atoms with Gasteiger partial charge in [0.15, 0.2) is 5.95 Å². The zero-order valence-corrected chi connectivity index (χ0v) is 16.1. The van der Waals surface area contributed by atoms with Crippen molar-refractivity contribution in [2.75, 3.05) is 12.3 Å². The lowest BCUT2D eigenvalue weighted by Gasteiger charge is -2.05. The first-order valence-electron chi connectivity index (χ1n) is 10.3. The largest absolute Gasteiger partial charge is 0.369 e. The first kappa shape index (κ1) is 21.5. The number of H-pyrrole nitrogens is 1. The standard InChI is InChI=1S/C20H38N4O/c1-2-3-4-5-6-7-8-9-10-11-12-16-22-19(25)15-13-14-18-17-23-20(21)24-18/h17H,2-16H2,1H3,(H,22,25)(H3,21,23,24). The van der Waals surface area contributed by atoms with Gasteiger partial charge in [-0.1, -0.05) is 71.1 Å². The average molecular weight is 351 g/mol. The van der Waals surface area contributed by atoms with Gasteiger partial charge >= 0.3 is 0 Å². The van der Waals surface area contributed by atoms with E-state index in [1.165, 1.54) is 64.2 Å². The molecule has 0 bridgehead atoms. The van der Waals surface area contributed by atoms with Crippen LogP contribution < -0.4 is 11.1 Å². The minimum atomic E-state index is 0.152. The molecule has 0 spiro atoms. The van der Waals surface area contributed by atoms with Crippen molar-refractivity contribution in [3.05, 3.63) is 11.9 Å². The van der Waals surface area contributed by atoms with Gasteiger partial charge in [0.2, 0.25) is 5.91 Å². The number of hydrogen-bond donors (Lipinski definition) is 3. The lowest BCUT2D eigenvalue weighted by atomic mass is 10.1. The minimum absolute atomic E-state index is 0.152. The second-order valence-electron chi connectivity index (χ2n) is 7.03. The molecule has 0 saturated heterocycles. The Bertz CT molecular complexity index is 445. The van der Waals surface area contributed by atoms with Crippen molar-refractivity contribution in [1.29, 1.82) is 0 Å². The molecule has 1 heterocycles. The summed E-state index contributed by atoms with van der Waals surface area (Å²) >= 11 is 0. The smallest absolute Gasteiger partial charge is 0.220 e. The molecule has 144 valence electrons. The predicted molar refractivity (Wildman–Crippen MR) is 105 cm³/mol. The molecular formula is C20H38N4O. The van der Waals surface area contributed by atoms with E-state index < -0.39 is 0 Å². The fourth-order valence-corrected chi connectivity index (χ4v) is 3.05. The summed E-state index contributed by atoms with van der Waals surface area (Å²) in [5, 5.41) is 3.02. The molecule has 25 heavy (non-hydrogen) atoms. The molecule has 1 aromatic rings. The van der Waals surface area contributed by atoms with Crippen molar-refractivity contribution in [3.63, 3.8) is 0 Å². The van der Waals surface area contributed by atoms with E-state index in [4.69, 9.17) is 5.73 Å². The van der Waals surface area contributed by atoms with Gasteiger partial charge < -0.3 is 16.0 Å². The highest BCUT2D eigenvalue weighted by Crippen LogP contribution is 2.11. The molecule has 1 amide bonds. The number of nitrogens with one attached hydrogen (secondary N) is 2. The third kappa shape index (κ3) is 12.5. The SMILES string of the molecule is CCCCCCCCCCCCCNC(=O)CCCc1cnc(N)[nH]1. The number of aromatic nitrogens is 2. The second kappa shape index (κ2) is 14.8. The van der Waals surface area contributed by atoms with Crippen LogP contribution in [0.2, 0.25) is 0 Å². The number of nitrogens with two attached hydrogens (primary N) is 1. The van der Waals surface area contributed by atoms with Crippen molar-refractivity contribution >= 4 is 11.9 Å². The molecule has 0 aromatic carbocycles.